The van der Waals surface area contributed by atoms with Gasteiger partial charge in [-0.3, -0.25) is 4.79 Å². The SMILES string of the molecule is C=C/C=C\C(=C)CC1NCCCC1=O. The Morgan fingerprint density at radius 1 is 1.64 bits per heavy atom. The molecule has 0 aromatic rings. The summed E-state index contributed by atoms with van der Waals surface area (Å²) in [5.74, 6) is 0.310. The van der Waals surface area contributed by atoms with Gasteiger partial charge in [0.05, 0.1) is 6.04 Å². The van der Waals surface area contributed by atoms with Crippen LogP contribution in [0.25, 0.3) is 0 Å². The molecule has 1 fully saturated rings. The average Bonchev–Trinajstić information content (AvgIpc) is 2.18. The Morgan fingerprint density at radius 2 is 2.43 bits per heavy atom. The standard InChI is InChI=1S/C12H17NO/c1-3-4-6-10(2)9-11-12(14)7-5-8-13-11/h3-4,6,11,13H,1-2,5,7-9H2/b6-4-. The van der Waals surface area contributed by atoms with E-state index in [9.17, 15) is 4.79 Å². The second-order valence-electron chi connectivity index (χ2n) is 3.53. The molecule has 76 valence electrons. The van der Waals surface area contributed by atoms with E-state index in [1.165, 1.54) is 0 Å². The molecule has 1 saturated heterocycles. The molecule has 0 aromatic heterocycles. The monoisotopic (exact) mass is 191 g/mol. The molecule has 0 spiro atoms. The van der Waals surface area contributed by atoms with Crippen LogP contribution in [-0.2, 0) is 4.79 Å². The fraction of sp³-hybridized carbons (Fsp3) is 0.417. The summed E-state index contributed by atoms with van der Waals surface area (Å²) in [5.41, 5.74) is 0.970. The maximum absolute atomic E-state index is 11.5. The summed E-state index contributed by atoms with van der Waals surface area (Å²) in [5, 5.41) is 3.21. The molecule has 1 aliphatic heterocycles. The van der Waals surface area contributed by atoms with Gasteiger partial charge in [-0.25, -0.2) is 0 Å². The molecule has 1 atom stereocenters. The van der Waals surface area contributed by atoms with Crippen molar-refractivity contribution < 1.29 is 4.79 Å². The highest BCUT2D eigenvalue weighted by Gasteiger charge is 2.21. The molecule has 2 nitrogen and oxygen atoms in total. The minimum absolute atomic E-state index is 0.0225. The van der Waals surface area contributed by atoms with Crippen LogP contribution in [0.2, 0.25) is 0 Å². The van der Waals surface area contributed by atoms with Crippen LogP contribution in [0.3, 0.4) is 0 Å². The minimum Gasteiger partial charge on any atom is -0.307 e. The van der Waals surface area contributed by atoms with Crippen LogP contribution in [-0.4, -0.2) is 18.4 Å². The van der Waals surface area contributed by atoms with E-state index < -0.39 is 0 Å². The van der Waals surface area contributed by atoms with Gasteiger partial charge in [-0.1, -0.05) is 37.0 Å². The number of ketones is 1. The number of allylic oxidation sites excluding steroid dienone is 3. The number of hydrogen-bond acceptors (Lipinski definition) is 2. The minimum atomic E-state index is -0.0225. The van der Waals surface area contributed by atoms with Crippen molar-refractivity contribution in [3.05, 3.63) is 37.0 Å². The number of piperidine rings is 1. The number of carbonyl (C=O) groups excluding carboxylic acids is 1. The first-order valence-corrected chi connectivity index (χ1v) is 4.97. The van der Waals surface area contributed by atoms with Crippen molar-refractivity contribution in [1.29, 1.82) is 0 Å². The zero-order chi connectivity index (χ0) is 10.4. The van der Waals surface area contributed by atoms with E-state index in [0.29, 0.717) is 18.6 Å². The third kappa shape index (κ3) is 3.30. The number of hydrogen-bond donors (Lipinski definition) is 1. The van der Waals surface area contributed by atoms with Crippen molar-refractivity contribution in [1.82, 2.24) is 5.32 Å². The zero-order valence-electron chi connectivity index (χ0n) is 8.46. The molecular weight excluding hydrogens is 174 g/mol. The lowest BCUT2D eigenvalue weighted by atomic mass is 9.97. The maximum atomic E-state index is 11.5. The van der Waals surface area contributed by atoms with Crippen molar-refractivity contribution in [3.8, 4) is 0 Å². The van der Waals surface area contributed by atoms with Crippen molar-refractivity contribution in [2.45, 2.75) is 25.3 Å². The summed E-state index contributed by atoms with van der Waals surface area (Å²) in [4.78, 5) is 11.5. The van der Waals surface area contributed by atoms with Gasteiger partial charge >= 0.3 is 0 Å². The van der Waals surface area contributed by atoms with Gasteiger partial charge in [-0.2, -0.15) is 0 Å². The van der Waals surface area contributed by atoms with Gasteiger partial charge in [0.25, 0.3) is 0 Å². The first kappa shape index (κ1) is 10.9. The van der Waals surface area contributed by atoms with E-state index in [1.54, 1.807) is 6.08 Å². The van der Waals surface area contributed by atoms with Crippen LogP contribution in [0.15, 0.2) is 37.0 Å². The van der Waals surface area contributed by atoms with Gasteiger partial charge in [-0.05, 0) is 19.4 Å². The second kappa shape index (κ2) is 5.55. The van der Waals surface area contributed by atoms with Crippen LogP contribution in [0.4, 0.5) is 0 Å². The van der Waals surface area contributed by atoms with Crippen LogP contribution in [0, 0.1) is 0 Å². The van der Waals surface area contributed by atoms with Gasteiger partial charge in [0.2, 0.25) is 0 Å². The molecule has 1 aliphatic rings. The number of rotatable bonds is 4. The molecule has 0 bridgehead atoms. The summed E-state index contributed by atoms with van der Waals surface area (Å²) in [6.45, 7) is 8.42. The molecule has 1 unspecified atom stereocenters. The summed E-state index contributed by atoms with van der Waals surface area (Å²) >= 11 is 0. The number of carbonyl (C=O) groups is 1. The molecule has 0 amide bonds. The van der Waals surface area contributed by atoms with Gasteiger partial charge in [0, 0.05) is 6.42 Å². The second-order valence-corrected chi connectivity index (χ2v) is 3.53. The van der Waals surface area contributed by atoms with E-state index in [4.69, 9.17) is 0 Å². The summed E-state index contributed by atoms with van der Waals surface area (Å²) in [6.07, 6.45) is 7.83. The van der Waals surface area contributed by atoms with Crippen LogP contribution >= 0.6 is 0 Å². The van der Waals surface area contributed by atoms with Gasteiger partial charge in [0.15, 0.2) is 0 Å². The van der Waals surface area contributed by atoms with E-state index in [2.05, 4.69) is 18.5 Å². The lowest BCUT2D eigenvalue weighted by Gasteiger charge is -2.22. The molecule has 0 aliphatic carbocycles. The first-order valence-electron chi connectivity index (χ1n) is 4.97. The number of Topliss-reactive ketones (excluding diaryl/α,β-unsaturated/α-hetero) is 1. The highest BCUT2D eigenvalue weighted by Crippen LogP contribution is 2.11. The van der Waals surface area contributed by atoms with E-state index in [0.717, 1.165) is 18.5 Å². The van der Waals surface area contributed by atoms with Crippen LogP contribution in [0.5, 0.6) is 0 Å². The fourth-order valence-corrected chi connectivity index (χ4v) is 1.55. The predicted molar refractivity (Wildman–Crippen MR) is 59.1 cm³/mol. The van der Waals surface area contributed by atoms with Crippen molar-refractivity contribution in [3.63, 3.8) is 0 Å². The smallest absolute Gasteiger partial charge is 0.150 e. The van der Waals surface area contributed by atoms with Crippen LogP contribution in [0.1, 0.15) is 19.3 Å². The van der Waals surface area contributed by atoms with Crippen molar-refractivity contribution in [2.24, 2.45) is 0 Å². The highest BCUT2D eigenvalue weighted by atomic mass is 16.1. The van der Waals surface area contributed by atoms with E-state index in [-0.39, 0.29) is 6.04 Å². The van der Waals surface area contributed by atoms with Gasteiger partial charge in [0.1, 0.15) is 5.78 Å². The van der Waals surface area contributed by atoms with Gasteiger partial charge in [-0.15, -0.1) is 0 Å². The predicted octanol–water partition coefficient (Wildman–Crippen LogP) is 2.00. The van der Waals surface area contributed by atoms with Gasteiger partial charge < -0.3 is 5.32 Å². The maximum Gasteiger partial charge on any atom is 0.150 e. The Balaban J connectivity index is 2.42. The van der Waals surface area contributed by atoms with E-state index in [1.807, 2.05) is 12.2 Å². The fourth-order valence-electron chi connectivity index (χ4n) is 1.55. The summed E-state index contributed by atoms with van der Waals surface area (Å²) in [7, 11) is 0. The Hall–Kier alpha value is -1.15. The number of nitrogens with one attached hydrogen (secondary N) is 1. The molecule has 2 heteroatoms. The molecular formula is C12H17NO. The van der Waals surface area contributed by atoms with Crippen LogP contribution < -0.4 is 5.32 Å². The summed E-state index contributed by atoms with van der Waals surface area (Å²) in [6, 6.07) is -0.0225. The molecule has 14 heavy (non-hydrogen) atoms. The average molecular weight is 191 g/mol. The zero-order valence-corrected chi connectivity index (χ0v) is 8.46. The Morgan fingerprint density at radius 3 is 3.07 bits per heavy atom. The van der Waals surface area contributed by atoms with Crippen molar-refractivity contribution >= 4 is 5.78 Å². The third-order valence-electron chi connectivity index (χ3n) is 2.31. The Kier molecular flexibility index (Phi) is 4.33. The largest absolute Gasteiger partial charge is 0.307 e. The molecule has 1 rings (SSSR count). The lowest BCUT2D eigenvalue weighted by molar-refractivity contribution is -0.122. The Labute approximate surface area is 85.4 Å². The molecule has 0 saturated carbocycles. The molecule has 0 radical (unpaired) electrons. The topological polar surface area (TPSA) is 29.1 Å². The van der Waals surface area contributed by atoms with E-state index >= 15 is 0 Å². The molecule has 1 N–H and O–H groups in total. The molecule has 0 aromatic carbocycles. The molecule has 1 heterocycles. The third-order valence-corrected chi connectivity index (χ3v) is 2.31. The first-order chi connectivity index (χ1) is 6.74. The normalized spacial score (nSPS) is 22.6. The quantitative estimate of drug-likeness (QED) is 0.689. The summed E-state index contributed by atoms with van der Waals surface area (Å²) < 4.78 is 0. The lowest BCUT2D eigenvalue weighted by Crippen LogP contribution is -2.41. The Bertz CT molecular complexity index is 265. The highest BCUT2D eigenvalue weighted by molar-refractivity contribution is 5.85. The van der Waals surface area contributed by atoms with Crippen molar-refractivity contribution in [2.75, 3.05) is 6.54 Å².